The van der Waals surface area contributed by atoms with Gasteiger partial charge in [0.25, 0.3) is 0 Å². The van der Waals surface area contributed by atoms with E-state index in [1.165, 1.54) is 14.2 Å². The lowest BCUT2D eigenvalue weighted by atomic mass is 9.64. The summed E-state index contributed by atoms with van der Waals surface area (Å²) in [5.41, 5.74) is 13.0. The van der Waals surface area contributed by atoms with Crippen molar-refractivity contribution < 1.29 is 19.1 Å². The molecule has 6 rings (SSSR count). The van der Waals surface area contributed by atoms with Crippen molar-refractivity contribution in [2.24, 2.45) is 5.92 Å². The molecule has 2 N–H and O–H groups in total. The zero-order chi connectivity index (χ0) is 31.7. The van der Waals surface area contributed by atoms with E-state index in [9.17, 15) is 9.59 Å². The molecule has 224 valence electrons. The average Bonchev–Trinajstić information content (AvgIpc) is 3.64. The van der Waals surface area contributed by atoms with Crippen molar-refractivity contribution in [3.05, 3.63) is 93.6 Å². The molecule has 0 saturated carbocycles. The summed E-state index contributed by atoms with van der Waals surface area (Å²) in [4.78, 5) is 43.8. The molecule has 1 aliphatic carbocycles. The zero-order valence-corrected chi connectivity index (χ0v) is 26.4. The smallest absolute Gasteiger partial charge is 0.334 e. The molecule has 5 heterocycles. The fourth-order valence-corrected chi connectivity index (χ4v) is 6.64. The van der Waals surface area contributed by atoms with Crippen LogP contribution in [0.3, 0.4) is 0 Å². The predicted molar refractivity (Wildman–Crippen MR) is 174 cm³/mol. The molecule has 0 fully saturated rings. The predicted octanol–water partition coefficient (Wildman–Crippen LogP) is 7.08. The molecule has 0 amide bonds. The first-order chi connectivity index (χ1) is 20.9. The van der Waals surface area contributed by atoms with Crippen LogP contribution in [0.2, 0.25) is 0 Å². The Bertz CT molecular complexity index is 2070. The first kappa shape index (κ1) is 29.1. The van der Waals surface area contributed by atoms with Crippen molar-refractivity contribution in [2.75, 3.05) is 14.2 Å². The highest BCUT2D eigenvalue weighted by molar-refractivity contribution is 6.02. The number of carbonyl (C=O) groups is 2. The number of nitrogens with zero attached hydrogens (tertiary/aromatic N) is 2. The van der Waals surface area contributed by atoms with Crippen LogP contribution in [-0.2, 0) is 24.5 Å². The first-order valence-corrected chi connectivity index (χ1v) is 14.6. The topological polar surface area (TPSA) is 110 Å². The third kappa shape index (κ3) is 4.12. The maximum absolute atomic E-state index is 13.5. The normalized spacial score (nSPS) is 19.2. The van der Waals surface area contributed by atoms with Crippen molar-refractivity contribution in [1.82, 2.24) is 19.9 Å². The van der Waals surface area contributed by atoms with E-state index in [0.29, 0.717) is 11.4 Å². The average molecular weight is 589 g/mol. The highest BCUT2D eigenvalue weighted by Gasteiger charge is 2.53. The molecular formula is C36H36N4O4. The summed E-state index contributed by atoms with van der Waals surface area (Å²) in [6, 6.07) is 8.12. The maximum Gasteiger partial charge on any atom is 0.334 e. The van der Waals surface area contributed by atoms with E-state index < -0.39 is 23.3 Å². The fourth-order valence-electron chi connectivity index (χ4n) is 6.64. The van der Waals surface area contributed by atoms with E-state index in [0.717, 1.165) is 72.4 Å². The molecule has 44 heavy (non-hydrogen) atoms. The van der Waals surface area contributed by atoms with Gasteiger partial charge in [-0.3, -0.25) is 9.78 Å². The van der Waals surface area contributed by atoms with Crippen LogP contribution in [0.1, 0.15) is 65.8 Å². The highest BCUT2D eigenvalue weighted by atomic mass is 16.5. The van der Waals surface area contributed by atoms with Gasteiger partial charge in [-0.2, -0.15) is 0 Å². The first-order valence-electron chi connectivity index (χ1n) is 14.6. The summed E-state index contributed by atoms with van der Waals surface area (Å²) in [5, 5.41) is 0. The molecule has 3 aliphatic rings. The number of carbonyl (C=O) groups excluding carboxylic acids is 2. The summed E-state index contributed by atoms with van der Waals surface area (Å²) < 4.78 is 10.4. The number of ether oxygens (including phenoxy) is 2. The fraction of sp³-hybridized carbons (Fsp3) is 0.278. The molecule has 0 spiro atoms. The largest absolute Gasteiger partial charge is 0.469 e. The number of methoxy groups -OCH3 is 2. The quantitative estimate of drug-likeness (QED) is 0.317. The highest BCUT2D eigenvalue weighted by Crippen LogP contribution is 2.52. The van der Waals surface area contributed by atoms with Gasteiger partial charge in [-0.1, -0.05) is 24.8 Å². The van der Waals surface area contributed by atoms with Gasteiger partial charge in [0, 0.05) is 27.6 Å². The minimum atomic E-state index is -1.04. The summed E-state index contributed by atoms with van der Waals surface area (Å²) in [6.45, 7) is 16.4. The van der Waals surface area contributed by atoms with Crippen molar-refractivity contribution in [2.45, 2.75) is 47.0 Å². The number of hydrogen-bond acceptors (Lipinski definition) is 6. The second-order valence-electron chi connectivity index (χ2n) is 11.8. The second-order valence-corrected chi connectivity index (χ2v) is 11.8. The molecule has 8 heteroatoms. The minimum Gasteiger partial charge on any atom is -0.469 e. The third-order valence-electron chi connectivity index (χ3n) is 9.69. The molecule has 3 aromatic rings. The Kier molecular flexibility index (Phi) is 6.83. The Labute approximate surface area is 256 Å². The Morgan fingerprint density at radius 1 is 0.795 bits per heavy atom. The van der Waals surface area contributed by atoms with Gasteiger partial charge in [-0.25, -0.2) is 9.78 Å². The van der Waals surface area contributed by atoms with Crippen molar-refractivity contribution in [1.29, 1.82) is 0 Å². The number of allylic oxidation sites excluding steroid dienone is 5. The van der Waals surface area contributed by atoms with Crippen LogP contribution in [0.25, 0.3) is 44.9 Å². The van der Waals surface area contributed by atoms with E-state index >= 15 is 0 Å². The molecule has 0 radical (unpaired) electrons. The van der Waals surface area contributed by atoms with Gasteiger partial charge in [0.05, 0.1) is 48.0 Å². The van der Waals surface area contributed by atoms with Gasteiger partial charge >= 0.3 is 11.9 Å². The molecule has 8 bridgehead atoms. The minimum absolute atomic E-state index is 0.215. The monoisotopic (exact) mass is 588 g/mol. The summed E-state index contributed by atoms with van der Waals surface area (Å²) in [6.07, 6.45) is 5.33. The summed E-state index contributed by atoms with van der Waals surface area (Å²) in [5.74, 6) is -2.12. The standard InChI is InChI=1S/C36H36N4O4/c1-10-22-21(6)29-14-27-18(3)17(2)25(37-27)13-26-19(4)20(5)28(38-26)15-31-24-12-11-23(34(41)43-8)33(35(42)44-9)36(24,7)32(40-31)16-30(22)39-29/h10-16,33,38-39H,1H2,2-9H3. The van der Waals surface area contributed by atoms with Gasteiger partial charge in [0.15, 0.2) is 0 Å². The lowest BCUT2D eigenvalue weighted by molar-refractivity contribution is -0.149. The molecule has 2 aliphatic heterocycles. The molecule has 0 aromatic carbocycles. The van der Waals surface area contributed by atoms with Crippen LogP contribution < -0.4 is 0 Å². The van der Waals surface area contributed by atoms with Gasteiger partial charge in [0.2, 0.25) is 0 Å². The Hall–Kier alpha value is -4.98. The molecule has 3 aromatic heterocycles. The van der Waals surface area contributed by atoms with Gasteiger partial charge in [0.1, 0.15) is 5.92 Å². The lowest BCUT2D eigenvalue weighted by Gasteiger charge is -2.36. The Morgan fingerprint density at radius 3 is 1.93 bits per heavy atom. The lowest BCUT2D eigenvalue weighted by Crippen LogP contribution is -2.42. The second kappa shape index (κ2) is 10.3. The van der Waals surface area contributed by atoms with Crippen molar-refractivity contribution >= 4 is 56.8 Å². The number of aromatic amines is 2. The van der Waals surface area contributed by atoms with Gasteiger partial charge < -0.3 is 19.4 Å². The van der Waals surface area contributed by atoms with E-state index in [4.69, 9.17) is 19.4 Å². The van der Waals surface area contributed by atoms with E-state index in [1.54, 1.807) is 6.08 Å². The number of hydrogen-bond donors (Lipinski definition) is 2. The molecular weight excluding hydrogens is 552 g/mol. The number of H-pyrrole nitrogens is 2. The molecule has 0 saturated heterocycles. The number of nitrogens with one attached hydrogen (secondary N) is 2. The van der Waals surface area contributed by atoms with Gasteiger partial charge in [-0.05, 0) is 99.2 Å². The molecule has 8 nitrogen and oxygen atoms in total. The Balaban J connectivity index is 1.80. The van der Waals surface area contributed by atoms with Crippen molar-refractivity contribution in [3.63, 3.8) is 0 Å². The van der Waals surface area contributed by atoms with Crippen LogP contribution >= 0.6 is 0 Å². The van der Waals surface area contributed by atoms with Crippen LogP contribution in [0.4, 0.5) is 0 Å². The van der Waals surface area contributed by atoms with E-state index in [2.05, 4.69) is 56.4 Å². The summed E-state index contributed by atoms with van der Waals surface area (Å²) >= 11 is 0. The molecule has 2 unspecified atom stereocenters. The van der Waals surface area contributed by atoms with Crippen LogP contribution in [-0.4, -0.2) is 46.1 Å². The van der Waals surface area contributed by atoms with Crippen LogP contribution in [0.5, 0.6) is 0 Å². The number of esters is 2. The Morgan fingerprint density at radius 2 is 1.36 bits per heavy atom. The van der Waals surface area contributed by atoms with E-state index in [1.807, 2.05) is 38.1 Å². The zero-order valence-electron chi connectivity index (χ0n) is 26.4. The third-order valence-corrected chi connectivity index (χ3v) is 9.69. The number of fused-ring (bicyclic) bond motifs is 11. The summed E-state index contributed by atoms with van der Waals surface area (Å²) in [7, 11) is 2.63. The van der Waals surface area contributed by atoms with E-state index in [-0.39, 0.29) is 5.57 Å². The van der Waals surface area contributed by atoms with Gasteiger partial charge in [-0.15, -0.1) is 0 Å². The van der Waals surface area contributed by atoms with Crippen LogP contribution in [0, 0.1) is 26.7 Å². The maximum atomic E-state index is 13.5. The SMILES string of the molecule is C=Cc1c(C)c2cc3nc(cc4[nH]c(cc5nc(cc1[nH]2)C1(C)C5=CC=C(C(=O)OC)C1C(=O)OC)c(C)c4C)C(C)=C3C. The van der Waals surface area contributed by atoms with Crippen molar-refractivity contribution in [3.8, 4) is 0 Å². The number of aromatic nitrogens is 4. The number of rotatable bonds is 3. The number of aryl methyl sites for hydroxylation is 3. The molecule has 2 atom stereocenters. The van der Waals surface area contributed by atoms with Crippen LogP contribution in [0.15, 0.2) is 48.6 Å².